The predicted octanol–water partition coefficient (Wildman–Crippen LogP) is 14.3. The van der Waals surface area contributed by atoms with Crippen LogP contribution in [-0.2, 0) is 10.8 Å². The third-order valence-corrected chi connectivity index (χ3v) is 13.3. The van der Waals surface area contributed by atoms with Gasteiger partial charge in [-0.05, 0) is 104 Å². The first-order valence-electron chi connectivity index (χ1n) is 20.6. The van der Waals surface area contributed by atoms with Gasteiger partial charge in [-0.1, -0.05) is 179 Å². The fraction of sp³-hybridized carbons (Fsp3) is 0.164. The van der Waals surface area contributed by atoms with Crippen LogP contribution in [0.15, 0.2) is 170 Å². The summed E-state index contributed by atoms with van der Waals surface area (Å²) in [4.78, 5) is 10.2. The van der Waals surface area contributed by atoms with Gasteiger partial charge in [0.1, 0.15) is 0 Å². The van der Waals surface area contributed by atoms with Crippen LogP contribution in [0.1, 0.15) is 68.2 Å². The fourth-order valence-corrected chi connectivity index (χ4v) is 10.3. The summed E-state index contributed by atoms with van der Waals surface area (Å²) >= 11 is 0. The Hall–Kier alpha value is -6.38. The lowest BCUT2D eigenvalue weighted by Crippen LogP contribution is -2.28. The third kappa shape index (κ3) is 5.46. The van der Waals surface area contributed by atoms with Gasteiger partial charge < -0.3 is 0 Å². The molecule has 8 aromatic rings. The zero-order chi connectivity index (χ0) is 38.1. The lowest BCUT2D eigenvalue weighted by atomic mass is 9.67. The summed E-state index contributed by atoms with van der Waals surface area (Å²) in [6.45, 7) is 4.83. The van der Waals surface area contributed by atoms with Crippen molar-refractivity contribution in [2.75, 3.05) is 0 Å². The van der Waals surface area contributed by atoms with Gasteiger partial charge in [0, 0.05) is 27.5 Å². The Morgan fingerprint density at radius 2 is 0.825 bits per heavy atom. The molecule has 3 aliphatic carbocycles. The molecule has 2 heteroatoms. The summed E-state index contributed by atoms with van der Waals surface area (Å²) in [5, 5.41) is 0. The van der Waals surface area contributed by atoms with Crippen LogP contribution in [0.4, 0.5) is 0 Å². The predicted molar refractivity (Wildman–Crippen MR) is 236 cm³/mol. The van der Waals surface area contributed by atoms with Crippen molar-refractivity contribution in [2.24, 2.45) is 0 Å². The van der Waals surface area contributed by atoms with Crippen LogP contribution < -0.4 is 0 Å². The van der Waals surface area contributed by atoms with Crippen molar-refractivity contribution in [3.05, 3.63) is 192 Å². The standard InChI is InChI=1S/C55H44N2/c1-54(2)48-32-42(28-29-44(48)45-34-50-46(33-49(45)54)43-18-10-11-19-47(43)55(50)30-12-5-13-31-55)38-22-26-40(27-23-38)52-35-51(56-53(57-52)41-16-8-4-9-17-41)39-24-20-37(21-25-39)36-14-6-3-7-15-36/h3-4,6-11,14-29,32-35H,5,12-13,30-31H2,1-2H3. The molecule has 1 spiro atoms. The molecule has 0 radical (unpaired) electrons. The van der Waals surface area contributed by atoms with Gasteiger partial charge in [0.05, 0.1) is 11.4 Å². The molecule has 274 valence electrons. The first-order chi connectivity index (χ1) is 28.0. The zero-order valence-electron chi connectivity index (χ0n) is 32.6. The van der Waals surface area contributed by atoms with Crippen LogP contribution in [-0.4, -0.2) is 9.97 Å². The lowest BCUT2D eigenvalue weighted by molar-refractivity contribution is 0.353. The van der Waals surface area contributed by atoms with E-state index in [4.69, 9.17) is 9.97 Å². The Morgan fingerprint density at radius 1 is 0.351 bits per heavy atom. The SMILES string of the molecule is CC1(C)c2cc(-c3ccc(-c4cc(-c5ccc(-c6ccccc6)cc5)nc(-c5ccccc5)n4)cc3)ccc2-c2cc3c(cc21)-c1ccccc1C31CCCCC1. The molecule has 0 aliphatic heterocycles. The van der Waals surface area contributed by atoms with Gasteiger partial charge in [-0.25, -0.2) is 9.97 Å². The van der Waals surface area contributed by atoms with Gasteiger partial charge in [0.15, 0.2) is 5.82 Å². The molecule has 1 heterocycles. The summed E-state index contributed by atoms with van der Waals surface area (Å²) in [5.41, 5.74) is 21.6. The molecule has 3 aliphatic rings. The second-order valence-corrected chi connectivity index (χ2v) is 16.9. The summed E-state index contributed by atoms with van der Waals surface area (Å²) in [6, 6.07) is 62.2. The van der Waals surface area contributed by atoms with Crippen LogP contribution in [0.2, 0.25) is 0 Å². The number of hydrogen-bond acceptors (Lipinski definition) is 2. The van der Waals surface area contributed by atoms with Crippen molar-refractivity contribution in [3.8, 4) is 78.4 Å². The highest BCUT2D eigenvalue weighted by Gasteiger charge is 2.46. The molecule has 0 saturated heterocycles. The molecule has 0 atom stereocenters. The highest BCUT2D eigenvalue weighted by molar-refractivity contribution is 5.91. The molecular weight excluding hydrogens is 689 g/mol. The number of rotatable bonds is 5. The van der Waals surface area contributed by atoms with Crippen molar-refractivity contribution >= 4 is 0 Å². The molecule has 0 N–H and O–H groups in total. The Kier molecular flexibility index (Phi) is 7.80. The minimum atomic E-state index is -0.0998. The number of hydrogen-bond donors (Lipinski definition) is 0. The third-order valence-electron chi connectivity index (χ3n) is 13.3. The highest BCUT2D eigenvalue weighted by atomic mass is 14.9. The molecule has 57 heavy (non-hydrogen) atoms. The highest BCUT2D eigenvalue weighted by Crippen LogP contribution is 2.60. The summed E-state index contributed by atoms with van der Waals surface area (Å²) < 4.78 is 0. The Bertz CT molecular complexity index is 2810. The normalized spacial score (nSPS) is 15.5. The molecular formula is C55H44N2. The van der Waals surface area contributed by atoms with Gasteiger partial charge in [-0.2, -0.15) is 0 Å². The van der Waals surface area contributed by atoms with E-state index in [0.717, 1.165) is 33.9 Å². The van der Waals surface area contributed by atoms with Crippen LogP contribution in [0, 0.1) is 0 Å². The average Bonchev–Trinajstić information content (AvgIpc) is 3.66. The topological polar surface area (TPSA) is 25.8 Å². The van der Waals surface area contributed by atoms with E-state index in [1.165, 1.54) is 87.7 Å². The maximum Gasteiger partial charge on any atom is 0.160 e. The number of aromatic nitrogens is 2. The van der Waals surface area contributed by atoms with E-state index in [-0.39, 0.29) is 10.8 Å². The van der Waals surface area contributed by atoms with E-state index < -0.39 is 0 Å². The Balaban J connectivity index is 0.942. The van der Waals surface area contributed by atoms with E-state index in [1.807, 2.05) is 18.2 Å². The van der Waals surface area contributed by atoms with Crippen molar-refractivity contribution in [1.29, 1.82) is 0 Å². The lowest BCUT2D eigenvalue weighted by Gasteiger charge is -2.36. The second kappa shape index (κ2) is 13.1. The summed E-state index contributed by atoms with van der Waals surface area (Å²) in [7, 11) is 0. The van der Waals surface area contributed by atoms with E-state index in [9.17, 15) is 0 Å². The smallest absolute Gasteiger partial charge is 0.160 e. The molecule has 0 amide bonds. The number of fused-ring (bicyclic) bond motifs is 8. The van der Waals surface area contributed by atoms with E-state index in [1.54, 1.807) is 11.1 Å². The van der Waals surface area contributed by atoms with E-state index in [0.29, 0.717) is 0 Å². The van der Waals surface area contributed by atoms with Crippen molar-refractivity contribution < 1.29 is 0 Å². The molecule has 11 rings (SSSR count). The van der Waals surface area contributed by atoms with Gasteiger partial charge in [0.2, 0.25) is 0 Å². The van der Waals surface area contributed by atoms with E-state index >= 15 is 0 Å². The minimum absolute atomic E-state index is 0.0998. The molecule has 0 bridgehead atoms. The minimum Gasteiger partial charge on any atom is -0.228 e. The quantitative estimate of drug-likeness (QED) is 0.176. The van der Waals surface area contributed by atoms with Gasteiger partial charge in [-0.3, -0.25) is 0 Å². The fourth-order valence-electron chi connectivity index (χ4n) is 10.3. The Labute approximate surface area is 336 Å². The van der Waals surface area contributed by atoms with Crippen LogP contribution >= 0.6 is 0 Å². The molecule has 0 unspecified atom stereocenters. The van der Waals surface area contributed by atoms with E-state index in [2.05, 4.69) is 166 Å². The van der Waals surface area contributed by atoms with Gasteiger partial charge in [-0.15, -0.1) is 0 Å². The monoisotopic (exact) mass is 732 g/mol. The zero-order valence-corrected chi connectivity index (χ0v) is 32.6. The Morgan fingerprint density at radius 3 is 1.49 bits per heavy atom. The first-order valence-corrected chi connectivity index (χ1v) is 20.6. The average molecular weight is 733 g/mol. The number of benzene rings is 7. The van der Waals surface area contributed by atoms with Crippen molar-refractivity contribution in [1.82, 2.24) is 9.97 Å². The maximum atomic E-state index is 5.12. The van der Waals surface area contributed by atoms with Crippen molar-refractivity contribution in [2.45, 2.75) is 56.8 Å². The molecule has 7 aromatic carbocycles. The van der Waals surface area contributed by atoms with Crippen LogP contribution in [0.3, 0.4) is 0 Å². The van der Waals surface area contributed by atoms with Gasteiger partial charge in [0.25, 0.3) is 0 Å². The van der Waals surface area contributed by atoms with Crippen LogP contribution in [0.25, 0.3) is 78.4 Å². The van der Waals surface area contributed by atoms with Crippen molar-refractivity contribution in [3.63, 3.8) is 0 Å². The van der Waals surface area contributed by atoms with Crippen LogP contribution in [0.5, 0.6) is 0 Å². The van der Waals surface area contributed by atoms with Gasteiger partial charge >= 0.3 is 0 Å². The largest absolute Gasteiger partial charge is 0.228 e. The molecule has 1 saturated carbocycles. The summed E-state index contributed by atoms with van der Waals surface area (Å²) in [6.07, 6.45) is 6.48. The second-order valence-electron chi connectivity index (χ2n) is 16.9. The maximum absolute atomic E-state index is 5.12. The molecule has 1 fully saturated rings. The summed E-state index contributed by atoms with van der Waals surface area (Å²) in [5.74, 6) is 0.726. The molecule has 1 aromatic heterocycles. The first kappa shape index (κ1) is 33.9. The number of nitrogens with zero attached hydrogens (tertiary/aromatic N) is 2. The molecule has 2 nitrogen and oxygen atoms in total.